The van der Waals surface area contributed by atoms with Gasteiger partial charge in [0.1, 0.15) is 22.7 Å². The monoisotopic (exact) mass is 667 g/mol. The van der Waals surface area contributed by atoms with E-state index in [0.29, 0.717) is 0 Å². The Bertz CT molecular complexity index is 2940. The van der Waals surface area contributed by atoms with Crippen LogP contribution in [-0.2, 0) is 0 Å². The van der Waals surface area contributed by atoms with Gasteiger partial charge < -0.3 is 14.1 Å². The molecule has 0 fully saturated rings. The van der Waals surface area contributed by atoms with Crippen molar-refractivity contribution in [2.24, 2.45) is 0 Å². The molecule has 0 N–H and O–H groups in total. The first-order chi connectivity index (χ1) is 25.7. The number of fused-ring (bicyclic) bond motifs is 8. The fourth-order valence-corrected chi connectivity index (χ4v) is 7.64. The lowest BCUT2D eigenvalue weighted by atomic mass is 9.91. The zero-order chi connectivity index (χ0) is 34.6. The quantitative estimate of drug-likeness (QED) is 0.165. The van der Waals surface area contributed by atoms with Gasteiger partial charge >= 0.3 is 0 Å². The number of benzene rings is 9. The van der Waals surface area contributed by atoms with E-state index in [-0.39, 0.29) is 0 Å². The number of ether oxygens (including phenoxy) is 1. The zero-order valence-electron chi connectivity index (χ0n) is 28.6. The topological polar surface area (TPSA) is 25.6 Å². The van der Waals surface area contributed by atoms with Crippen LogP contribution in [-0.4, -0.2) is 0 Å². The summed E-state index contributed by atoms with van der Waals surface area (Å²) in [6, 6.07) is 64.3. The van der Waals surface area contributed by atoms with Crippen LogP contribution in [0.2, 0.25) is 0 Å². The van der Waals surface area contributed by atoms with E-state index in [1.807, 2.05) is 42.5 Å². The highest BCUT2D eigenvalue weighted by Gasteiger charge is 2.18. The van der Waals surface area contributed by atoms with E-state index >= 15 is 0 Å². The van der Waals surface area contributed by atoms with Gasteiger partial charge in [0.25, 0.3) is 0 Å². The van der Waals surface area contributed by atoms with Crippen LogP contribution in [0, 0.1) is 6.92 Å². The van der Waals surface area contributed by atoms with Gasteiger partial charge in [-0.1, -0.05) is 115 Å². The Hall–Kier alpha value is -6.84. The molecule has 10 aromatic rings. The summed E-state index contributed by atoms with van der Waals surface area (Å²) in [5.74, 6) is 1.62. The number of anilines is 3. The van der Waals surface area contributed by atoms with Gasteiger partial charge in [0, 0.05) is 33.9 Å². The van der Waals surface area contributed by atoms with Crippen LogP contribution >= 0.6 is 0 Å². The third-order valence-electron chi connectivity index (χ3n) is 10.2. The fourth-order valence-electron chi connectivity index (χ4n) is 7.64. The Labute approximate surface area is 301 Å². The Morgan fingerprint density at radius 3 is 1.90 bits per heavy atom. The number of rotatable bonds is 6. The number of para-hydroxylation sites is 2. The van der Waals surface area contributed by atoms with Gasteiger partial charge in [-0.2, -0.15) is 0 Å². The van der Waals surface area contributed by atoms with Crippen molar-refractivity contribution in [1.82, 2.24) is 0 Å². The number of furan rings is 1. The molecular weight excluding hydrogens is 635 g/mol. The smallest absolute Gasteiger partial charge is 0.135 e. The number of aryl methyl sites for hydroxylation is 1. The number of hydrogen-bond acceptors (Lipinski definition) is 3. The highest BCUT2D eigenvalue weighted by molar-refractivity contribution is 6.21. The van der Waals surface area contributed by atoms with Crippen molar-refractivity contribution in [3.8, 4) is 22.6 Å². The van der Waals surface area contributed by atoms with Crippen molar-refractivity contribution < 1.29 is 9.15 Å². The van der Waals surface area contributed by atoms with Crippen LogP contribution in [0.1, 0.15) is 5.56 Å². The first-order valence-corrected chi connectivity index (χ1v) is 17.7. The average molecular weight is 668 g/mol. The Morgan fingerprint density at radius 1 is 0.423 bits per heavy atom. The average Bonchev–Trinajstić information content (AvgIpc) is 3.57. The summed E-state index contributed by atoms with van der Waals surface area (Å²) in [6.45, 7) is 2.09. The minimum atomic E-state index is 0.806. The molecular formula is C49H33NO2. The van der Waals surface area contributed by atoms with Gasteiger partial charge in [-0.15, -0.1) is 0 Å². The summed E-state index contributed by atoms with van der Waals surface area (Å²) in [4.78, 5) is 2.30. The maximum absolute atomic E-state index is 6.43. The molecule has 3 nitrogen and oxygen atoms in total. The van der Waals surface area contributed by atoms with E-state index in [1.54, 1.807) is 0 Å². The molecule has 246 valence electrons. The van der Waals surface area contributed by atoms with Crippen LogP contribution in [0.3, 0.4) is 0 Å². The maximum atomic E-state index is 6.43. The van der Waals surface area contributed by atoms with Crippen molar-refractivity contribution in [1.29, 1.82) is 0 Å². The summed E-state index contributed by atoms with van der Waals surface area (Å²) in [7, 11) is 0. The lowest BCUT2D eigenvalue weighted by Gasteiger charge is -2.26. The highest BCUT2D eigenvalue weighted by atomic mass is 16.5. The SMILES string of the molecule is Cc1ccc(N(c2ccc(-c3cc4c5ccccc5ccc4c4ccccc34)cc2)c2ccc3oc4ccccc4c3c2)cc1Oc1ccccc1. The van der Waals surface area contributed by atoms with Crippen molar-refractivity contribution >= 4 is 71.3 Å². The first kappa shape index (κ1) is 30.0. The Morgan fingerprint density at radius 2 is 1.06 bits per heavy atom. The van der Waals surface area contributed by atoms with Crippen molar-refractivity contribution in [2.75, 3.05) is 4.90 Å². The lowest BCUT2D eigenvalue weighted by Crippen LogP contribution is -2.10. The third kappa shape index (κ3) is 5.06. The first-order valence-electron chi connectivity index (χ1n) is 17.7. The van der Waals surface area contributed by atoms with Crippen molar-refractivity contribution in [3.05, 3.63) is 188 Å². The summed E-state index contributed by atoms with van der Waals surface area (Å²) < 4.78 is 12.6. The molecule has 3 heteroatoms. The van der Waals surface area contributed by atoms with Crippen LogP contribution in [0.5, 0.6) is 11.5 Å². The van der Waals surface area contributed by atoms with Gasteiger partial charge in [-0.05, 0) is 117 Å². The minimum absolute atomic E-state index is 0.806. The molecule has 0 bridgehead atoms. The van der Waals surface area contributed by atoms with Gasteiger partial charge in [0.15, 0.2) is 0 Å². The molecule has 10 rings (SSSR count). The van der Waals surface area contributed by atoms with E-state index < -0.39 is 0 Å². The van der Waals surface area contributed by atoms with E-state index in [4.69, 9.17) is 9.15 Å². The summed E-state index contributed by atoms with van der Waals surface area (Å²) >= 11 is 0. The molecule has 52 heavy (non-hydrogen) atoms. The third-order valence-corrected chi connectivity index (χ3v) is 10.2. The molecule has 0 atom stereocenters. The highest BCUT2D eigenvalue weighted by Crippen LogP contribution is 2.43. The number of nitrogens with zero attached hydrogens (tertiary/aromatic N) is 1. The zero-order valence-corrected chi connectivity index (χ0v) is 28.6. The van der Waals surface area contributed by atoms with Gasteiger partial charge in [0.2, 0.25) is 0 Å². The second kappa shape index (κ2) is 12.2. The van der Waals surface area contributed by atoms with Crippen molar-refractivity contribution in [3.63, 3.8) is 0 Å². The van der Waals surface area contributed by atoms with Crippen molar-refractivity contribution in [2.45, 2.75) is 6.92 Å². The van der Waals surface area contributed by atoms with E-state index in [9.17, 15) is 0 Å². The van der Waals surface area contributed by atoms with Gasteiger partial charge in [0.05, 0.1) is 0 Å². The molecule has 0 spiro atoms. The molecule has 0 unspecified atom stereocenters. The molecule has 0 aliphatic carbocycles. The molecule has 1 heterocycles. The molecule has 0 amide bonds. The number of hydrogen-bond donors (Lipinski definition) is 0. The summed E-state index contributed by atoms with van der Waals surface area (Å²) in [6.07, 6.45) is 0. The van der Waals surface area contributed by atoms with E-state index in [2.05, 4.69) is 151 Å². The van der Waals surface area contributed by atoms with E-state index in [1.165, 1.54) is 43.4 Å². The molecule has 9 aromatic carbocycles. The molecule has 0 radical (unpaired) electrons. The summed E-state index contributed by atoms with van der Waals surface area (Å²) in [5.41, 5.74) is 8.28. The van der Waals surface area contributed by atoms with E-state index in [0.717, 1.165) is 56.1 Å². The largest absolute Gasteiger partial charge is 0.457 e. The van der Waals surface area contributed by atoms with Crippen LogP contribution < -0.4 is 9.64 Å². The molecule has 1 aromatic heterocycles. The van der Waals surface area contributed by atoms with Crippen LogP contribution in [0.15, 0.2) is 186 Å². The standard InChI is InChI=1S/C49H33NO2/c1-32-19-23-37(30-49(32)51-38-12-3-2-4-13-38)50(36-26-28-48-46(29-36)43-17-9-10-18-47(43)52-48)35-24-20-34(21-25-35)44-31-45-39-14-6-5-11-33(39)22-27-42(45)40-15-7-8-16-41(40)44/h2-31H,1H3. The normalized spacial score (nSPS) is 11.6. The molecule has 0 saturated carbocycles. The maximum Gasteiger partial charge on any atom is 0.135 e. The molecule has 0 aliphatic heterocycles. The van der Waals surface area contributed by atoms with Crippen LogP contribution in [0.25, 0.3) is 65.4 Å². The summed E-state index contributed by atoms with van der Waals surface area (Å²) in [5, 5.41) is 9.74. The van der Waals surface area contributed by atoms with Gasteiger partial charge in [-0.25, -0.2) is 0 Å². The molecule has 0 aliphatic rings. The minimum Gasteiger partial charge on any atom is -0.457 e. The van der Waals surface area contributed by atoms with Crippen LogP contribution in [0.4, 0.5) is 17.1 Å². The van der Waals surface area contributed by atoms with Gasteiger partial charge in [-0.3, -0.25) is 0 Å². The Kier molecular flexibility index (Phi) is 7.04. The predicted octanol–water partition coefficient (Wildman–Crippen LogP) is 14.3. The second-order valence-corrected chi connectivity index (χ2v) is 13.4. The Balaban J connectivity index is 1.14. The molecule has 0 saturated heterocycles. The second-order valence-electron chi connectivity index (χ2n) is 13.4. The lowest BCUT2D eigenvalue weighted by molar-refractivity contribution is 0.479. The fraction of sp³-hybridized carbons (Fsp3) is 0.0204. The predicted molar refractivity (Wildman–Crippen MR) is 218 cm³/mol.